The van der Waals surface area contributed by atoms with Crippen LogP contribution < -0.4 is 10.8 Å². The number of hydroxylamine groups is 1. The second kappa shape index (κ2) is 10.3. The highest BCUT2D eigenvalue weighted by atomic mass is 32.2. The Labute approximate surface area is 222 Å². The van der Waals surface area contributed by atoms with Crippen molar-refractivity contribution in [3.63, 3.8) is 0 Å². The number of benzene rings is 3. The normalized spacial score (nSPS) is 14.9. The number of hydrogen-bond donors (Lipinski definition) is 3. The van der Waals surface area contributed by atoms with Crippen molar-refractivity contribution in [1.82, 2.24) is 9.79 Å². The minimum atomic E-state index is -4.09. The monoisotopic (exact) mass is 547 g/mol. The first kappa shape index (κ1) is 25.5. The van der Waals surface area contributed by atoms with E-state index in [1.165, 1.54) is 6.07 Å². The average molecular weight is 548 g/mol. The predicted octanol–water partition coefficient (Wildman–Crippen LogP) is 3.98. The third kappa shape index (κ3) is 4.75. The Morgan fingerprint density at radius 3 is 2.13 bits per heavy atom. The molecule has 9 nitrogen and oxygen atoms in total. The number of nitrogens with zero attached hydrogens (tertiary/aromatic N) is 1. The van der Waals surface area contributed by atoms with Crippen LogP contribution in [0.15, 0.2) is 95.2 Å². The van der Waals surface area contributed by atoms with Gasteiger partial charge in [-0.05, 0) is 23.8 Å². The van der Waals surface area contributed by atoms with Gasteiger partial charge in [0.2, 0.25) is 0 Å². The van der Waals surface area contributed by atoms with E-state index in [1.807, 2.05) is 6.07 Å². The second-order valence-electron chi connectivity index (χ2n) is 8.49. The van der Waals surface area contributed by atoms with Gasteiger partial charge in [0.15, 0.2) is 5.78 Å². The Balaban J connectivity index is 1.36. The molecule has 0 fully saturated rings. The summed E-state index contributed by atoms with van der Waals surface area (Å²) in [6.07, 6.45) is 0. The molecule has 11 heteroatoms. The van der Waals surface area contributed by atoms with Crippen molar-refractivity contribution in [3.8, 4) is 0 Å². The highest BCUT2D eigenvalue weighted by molar-refractivity contribution is 7.91. The van der Waals surface area contributed by atoms with Crippen molar-refractivity contribution in [1.29, 1.82) is 0 Å². The number of amides is 2. The summed E-state index contributed by atoms with van der Waals surface area (Å²) < 4.78 is 27.8. The van der Waals surface area contributed by atoms with Gasteiger partial charge in [0, 0.05) is 28.8 Å². The van der Waals surface area contributed by atoms with E-state index in [9.17, 15) is 28.0 Å². The van der Waals surface area contributed by atoms with Gasteiger partial charge in [-0.3, -0.25) is 19.6 Å². The number of carbonyl (C=O) groups is 3. The Morgan fingerprint density at radius 2 is 1.47 bits per heavy atom. The van der Waals surface area contributed by atoms with Crippen LogP contribution in [-0.4, -0.2) is 35.5 Å². The summed E-state index contributed by atoms with van der Waals surface area (Å²) >= 11 is 0.872. The van der Waals surface area contributed by atoms with Crippen LogP contribution in [0.1, 0.15) is 43.4 Å². The van der Waals surface area contributed by atoms with E-state index >= 15 is 0 Å². The smallest absolute Gasteiger partial charge is 0.266 e. The SMILES string of the molecule is O=C(Nc1cc2c(s1)S(=O)(=O)N([C@@H](C(=O)NO)c1ccccc1)C2)c1cccc(C(=O)c2ccccc2)c1. The van der Waals surface area contributed by atoms with Gasteiger partial charge in [0.25, 0.3) is 21.8 Å². The molecule has 0 saturated heterocycles. The molecule has 0 unspecified atom stereocenters. The van der Waals surface area contributed by atoms with Crippen LogP contribution in [-0.2, 0) is 21.4 Å². The molecule has 5 rings (SSSR count). The fourth-order valence-corrected chi connectivity index (χ4v) is 7.53. The lowest BCUT2D eigenvalue weighted by atomic mass is 10.0. The second-order valence-corrected chi connectivity index (χ2v) is 11.6. The standard InChI is InChI=1S/C27H21N3O6S2/c31-24(18-10-5-2-6-11-18)19-12-7-13-20(14-19)25(32)28-22-15-21-16-30(38(35,36)27(21)37-22)23(26(33)29-34)17-8-3-1-4-9-17/h1-15,23,34H,16H2,(H,28,32)(H,29,33)/t23-/m1/s1. The maximum Gasteiger partial charge on any atom is 0.266 e. The third-order valence-electron chi connectivity index (χ3n) is 6.06. The number of nitrogens with one attached hydrogen (secondary N) is 2. The van der Waals surface area contributed by atoms with Gasteiger partial charge in [-0.1, -0.05) is 72.8 Å². The molecule has 1 aliphatic heterocycles. The highest BCUT2D eigenvalue weighted by Crippen LogP contribution is 2.43. The molecule has 0 radical (unpaired) electrons. The van der Waals surface area contributed by atoms with Crippen molar-refractivity contribution in [3.05, 3.63) is 119 Å². The van der Waals surface area contributed by atoms with E-state index in [2.05, 4.69) is 5.32 Å². The summed E-state index contributed by atoms with van der Waals surface area (Å²) in [5, 5.41) is 12.3. The van der Waals surface area contributed by atoms with Gasteiger partial charge in [0.05, 0.1) is 5.00 Å². The van der Waals surface area contributed by atoms with Crippen LogP contribution in [0.5, 0.6) is 0 Å². The molecule has 2 heterocycles. The molecule has 38 heavy (non-hydrogen) atoms. The zero-order valence-corrected chi connectivity index (χ0v) is 21.3. The molecule has 3 aromatic carbocycles. The van der Waals surface area contributed by atoms with Crippen LogP contribution >= 0.6 is 11.3 Å². The molecular weight excluding hydrogens is 526 g/mol. The van der Waals surface area contributed by atoms with Gasteiger partial charge in [-0.15, -0.1) is 11.3 Å². The molecule has 4 aromatic rings. The van der Waals surface area contributed by atoms with E-state index in [0.29, 0.717) is 27.3 Å². The summed E-state index contributed by atoms with van der Waals surface area (Å²) in [7, 11) is -4.09. The van der Waals surface area contributed by atoms with Crippen molar-refractivity contribution in [2.75, 3.05) is 5.32 Å². The van der Waals surface area contributed by atoms with E-state index in [1.54, 1.807) is 84.3 Å². The molecule has 0 spiro atoms. The first-order chi connectivity index (χ1) is 18.3. The number of sulfonamides is 1. The lowest BCUT2D eigenvalue weighted by molar-refractivity contribution is -0.133. The average Bonchev–Trinajstić information content (AvgIpc) is 3.45. The van der Waals surface area contributed by atoms with E-state index < -0.39 is 27.9 Å². The van der Waals surface area contributed by atoms with Gasteiger partial charge in [-0.25, -0.2) is 13.9 Å². The van der Waals surface area contributed by atoms with Crippen molar-refractivity contribution in [2.24, 2.45) is 0 Å². The van der Waals surface area contributed by atoms with E-state index in [-0.39, 0.29) is 22.1 Å². The van der Waals surface area contributed by atoms with Gasteiger partial charge < -0.3 is 5.32 Å². The number of ketones is 1. The lowest BCUT2D eigenvalue weighted by Gasteiger charge is -2.25. The third-order valence-corrected chi connectivity index (χ3v) is 9.52. The predicted molar refractivity (Wildman–Crippen MR) is 140 cm³/mol. The molecule has 2 amide bonds. The molecule has 0 aliphatic carbocycles. The van der Waals surface area contributed by atoms with Crippen LogP contribution in [0, 0.1) is 0 Å². The van der Waals surface area contributed by atoms with Crippen LogP contribution in [0.4, 0.5) is 5.00 Å². The first-order valence-corrected chi connectivity index (χ1v) is 13.7. The number of fused-ring (bicyclic) bond motifs is 1. The van der Waals surface area contributed by atoms with Crippen molar-refractivity contribution in [2.45, 2.75) is 16.8 Å². The lowest BCUT2D eigenvalue weighted by Crippen LogP contribution is -2.39. The zero-order valence-electron chi connectivity index (χ0n) is 19.7. The summed E-state index contributed by atoms with van der Waals surface area (Å²) in [6, 6.07) is 23.5. The number of anilines is 1. The van der Waals surface area contributed by atoms with Gasteiger partial charge in [-0.2, -0.15) is 4.31 Å². The zero-order chi connectivity index (χ0) is 26.9. The molecular formula is C27H21N3O6S2. The number of thiophene rings is 1. The van der Waals surface area contributed by atoms with Crippen molar-refractivity contribution < 1.29 is 28.0 Å². The number of rotatable bonds is 7. The van der Waals surface area contributed by atoms with Crippen LogP contribution in [0.25, 0.3) is 0 Å². The molecule has 3 N–H and O–H groups in total. The van der Waals surface area contributed by atoms with E-state index in [0.717, 1.165) is 15.6 Å². The van der Waals surface area contributed by atoms with Crippen LogP contribution in [0.3, 0.4) is 0 Å². The minimum Gasteiger partial charge on any atom is -0.314 e. The fraction of sp³-hybridized carbons (Fsp3) is 0.0741. The van der Waals surface area contributed by atoms with Crippen molar-refractivity contribution >= 4 is 44.0 Å². The summed E-state index contributed by atoms with van der Waals surface area (Å²) in [5.74, 6) is -1.60. The maximum atomic E-state index is 13.4. The first-order valence-electron chi connectivity index (χ1n) is 11.4. The molecule has 1 aromatic heterocycles. The Bertz CT molecular complexity index is 1640. The summed E-state index contributed by atoms with van der Waals surface area (Å²) in [4.78, 5) is 38.2. The fourth-order valence-electron chi connectivity index (χ4n) is 4.28. The van der Waals surface area contributed by atoms with Gasteiger partial charge >= 0.3 is 0 Å². The summed E-state index contributed by atoms with van der Waals surface area (Å²) in [6.45, 7) is -0.113. The molecule has 192 valence electrons. The minimum absolute atomic E-state index is 0.00692. The molecule has 0 saturated carbocycles. The van der Waals surface area contributed by atoms with Crippen LogP contribution in [0.2, 0.25) is 0 Å². The molecule has 0 bridgehead atoms. The molecule has 1 atom stereocenters. The summed E-state index contributed by atoms with van der Waals surface area (Å²) in [5.41, 5.74) is 3.47. The Morgan fingerprint density at radius 1 is 0.842 bits per heavy atom. The topological polar surface area (TPSA) is 133 Å². The molecule has 1 aliphatic rings. The number of hydrogen-bond acceptors (Lipinski definition) is 7. The maximum absolute atomic E-state index is 13.4. The quantitative estimate of drug-likeness (QED) is 0.182. The highest BCUT2D eigenvalue weighted by Gasteiger charge is 2.44. The number of carbonyl (C=O) groups excluding carboxylic acids is 3. The van der Waals surface area contributed by atoms with Gasteiger partial charge in [0.1, 0.15) is 10.3 Å². The van der Waals surface area contributed by atoms with E-state index in [4.69, 9.17) is 0 Å². The Kier molecular flexibility index (Phi) is 6.91. The Hall–Kier alpha value is -4.16. The largest absolute Gasteiger partial charge is 0.314 e.